The average Bonchev–Trinajstić information content (AvgIpc) is 2.26. The van der Waals surface area contributed by atoms with Crippen molar-refractivity contribution >= 4 is 5.57 Å². The molecule has 1 aromatic rings. The van der Waals surface area contributed by atoms with Crippen LogP contribution in [-0.2, 0) is 0 Å². The highest BCUT2D eigenvalue weighted by Gasteiger charge is 1.97. The van der Waals surface area contributed by atoms with E-state index in [4.69, 9.17) is 5.73 Å². The zero-order valence-electron chi connectivity index (χ0n) is 8.83. The normalized spacial score (nSPS) is 13.0. The lowest BCUT2D eigenvalue weighted by Crippen LogP contribution is -1.85. The lowest BCUT2D eigenvalue weighted by atomic mass is 10.0. The molecule has 0 amide bonds. The minimum atomic E-state index is 0.928. The quantitative estimate of drug-likeness (QED) is 0.771. The molecule has 0 heterocycles. The summed E-state index contributed by atoms with van der Waals surface area (Å²) in [6.45, 7) is 4.29. The van der Waals surface area contributed by atoms with E-state index in [0.29, 0.717) is 0 Å². The van der Waals surface area contributed by atoms with Gasteiger partial charge in [0, 0.05) is 0 Å². The van der Waals surface area contributed by atoms with E-state index in [-0.39, 0.29) is 0 Å². The molecule has 1 rings (SSSR count). The molecule has 0 aliphatic heterocycles. The van der Waals surface area contributed by atoms with Crippen LogP contribution in [0.4, 0.5) is 0 Å². The Morgan fingerprint density at radius 1 is 1.21 bits per heavy atom. The van der Waals surface area contributed by atoms with Crippen molar-refractivity contribution in [2.24, 2.45) is 5.73 Å². The second kappa shape index (κ2) is 5.28. The van der Waals surface area contributed by atoms with Crippen LogP contribution in [0.3, 0.4) is 0 Å². The van der Waals surface area contributed by atoms with Crippen molar-refractivity contribution in [3.63, 3.8) is 0 Å². The summed E-state index contributed by atoms with van der Waals surface area (Å²) in [4.78, 5) is 0. The van der Waals surface area contributed by atoms with Crippen molar-refractivity contribution in [3.8, 4) is 0 Å². The summed E-state index contributed by atoms with van der Waals surface area (Å²) in [7, 11) is 0. The van der Waals surface area contributed by atoms with Crippen molar-refractivity contribution in [3.05, 3.63) is 53.7 Å². The van der Waals surface area contributed by atoms with E-state index in [1.807, 2.05) is 12.1 Å². The second-order valence-corrected chi connectivity index (χ2v) is 3.40. The SMILES string of the molecule is CC(CC=CN)=C(C)c1ccccc1. The van der Waals surface area contributed by atoms with E-state index in [0.717, 1.165) is 6.42 Å². The maximum Gasteiger partial charge on any atom is -0.00998 e. The summed E-state index contributed by atoms with van der Waals surface area (Å²) < 4.78 is 0. The first kappa shape index (κ1) is 10.6. The third kappa shape index (κ3) is 2.77. The highest BCUT2D eigenvalue weighted by Crippen LogP contribution is 2.19. The topological polar surface area (TPSA) is 26.0 Å². The standard InChI is InChI=1S/C13H17N/c1-11(7-6-10-14)12(2)13-8-4-3-5-9-13/h3-6,8-10H,7,14H2,1-2H3. The molecule has 0 spiro atoms. The fourth-order valence-corrected chi connectivity index (χ4v) is 1.33. The maximum absolute atomic E-state index is 5.31. The van der Waals surface area contributed by atoms with Gasteiger partial charge in [-0.2, -0.15) is 0 Å². The Bertz CT molecular complexity index is 334. The third-order valence-corrected chi connectivity index (χ3v) is 2.41. The fraction of sp³-hybridized carbons (Fsp3) is 0.231. The Morgan fingerprint density at radius 3 is 2.43 bits per heavy atom. The molecular weight excluding hydrogens is 170 g/mol. The highest BCUT2D eigenvalue weighted by atomic mass is 14.5. The molecule has 0 unspecified atom stereocenters. The molecule has 2 N–H and O–H groups in total. The molecule has 0 atom stereocenters. The molecule has 0 bridgehead atoms. The lowest BCUT2D eigenvalue weighted by Gasteiger charge is -2.05. The third-order valence-electron chi connectivity index (χ3n) is 2.41. The predicted octanol–water partition coefficient (Wildman–Crippen LogP) is 3.34. The van der Waals surface area contributed by atoms with Gasteiger partial charge in [-0.05, 0) is 37.6 Å². The highest BCUT2D eigenvalue weighted by molar-refractivity contribution is 5.66. The van der Waals surface area contributed by atoms with Gasteiger partial charge in [-0.15, -0.1) is 0 Å². The Balaban J connectivity index is 2.87. The maximum atomic E-state index is 5.31. The zero-order chi connectivity index (χ0) is 10.4. The number of rotatable bonds is 3. The van der Waals surface area contributed by atoms with Gasteiger partial charge >= 0.3 is 0 Å². The molecule has 0 aromatic heterocycles. The fourth-order valence-electron chi connectivity index (χ4n) is 1.33. The van der Waals surface area contributed by atoms with Gasteiger partial charge in [0.05, 0.1) is 0 Å². The second-order valence-electron chi connectivity index (χ2n) is 3.40. The van der Waals surface area contributed by atoms with Gasteiger partial charge in [0.25, 0.3) is 0 Å². The monoisotopic (exact) mass is 187 g/mol. The molecule has 1 nitrogen and oxygen atoms in total. The van der Waals surface area contributed by atoms with Crippen molar-refractivity contribution in [1.82, 2.24) is 0 Å². The molecular formula is C13H17N. The lowest BCUT2D eigenvalue weighted by molar-refractivity contribution is 1.20. The molecule has 0 aliphatic rings. The van der Waals surface area contributed by atoms with Crippen LogP contribution in [0.5, 0.6) is 0 Å². The molecule has 0 fully saturated rings. The summed E-state index contributed by atoms with van der Waals surface area (Å²) >= 11 is 0. The number of allylic oxidation sites excluding steroid dienone is 3. The first-order valence-corrected chi connectivity index (χ1v) is 4.84. The van der Waals surface area contributed by atoms with Crippen molar-refractivity contribution < 1.29 is 0 Å². The number of hydrogen-bond donors (Lipinski definition) is 1. The molecule has 1 heteroatoms. The van der Waals surface area contributed by atoms with E-state index >= 15 is 0 Å². The van der Waals surface area contributed by atoms with E-state index in [1.54, 1.807) is 6.20 Å². The van der Waals surface area contributed by atoms with Crippen LogP contribution in [0.15, 0.2) is 48.2 Å². The van der Waals surface area contributed by atoms with Gasteiger partial charge in [-0.1, -0.05) is 42.0 Å². The summed E-state index contributed by atoms with van der Waals surface area (Å²) in [6.07, 6.45) is 4.50. The smallest absolute Gasteiger partial charge is 0.00998 e. The zero-order valence-corrected chi connectivity index (χ0v) is 8.83. The molecule has 74 valence electrons. The molecule has 0 aliphatic carbocycles. The first-order valence-electron chi connectivity index (χ1n) is 4.84. The van der Waals surface area contributed by atoms with Crippen LogP contribution in [0.25, 0.3) is 5.57 Å². The van der Waals surface area contributed by atoms with Gasteiger partial charge in [0.15, 0.2) is 0 Å². The Hall–Kier alpha value is -1.50. The number of nitrogens with two attached hydrogens (primary N) is 1. The molecule has 0 saturated heterocycles. The molecule has 0 saturated carbocycles. The van der Waals surface area contributed by atoms with Crippen LogP contribution in [0.1, 0.15) is 25.8 Å². The van der Waals surface area contributed by atoms with E-state index in [1.165, 1.54) is 16.7 Å². The van der Waals surface area contributed by atoms with Gasteiger partial charge in [-0.3, -0.25) is 0 Å². The predicted molar refractivity (Wildman–Crippen MR) is 62.7 cm³/mol. The van der Waals surface area contributed by atoms with E-state index in [9.17, 15) is 0 Å². The van der Waals surface area contributed by atoms with Crippen LogP contribution in [0.2, 0.25) is 0 Å². The van der Waals surface area contributed by atoms with E-state index < -0.39 is 0 Å². The minimum Gasteiger partial charge on any atom is -0.405 e. The molecule has 1 aromatic carbocycles. The first-order chi connectivity index (χ1) is 6.75. The summed E-state index contributed by atoms with van der Waals surface area (Å²) in [5.74, 6) is 0. The summed E-state index contributed by atoms with van der Waals surface area (Å²) in [5.41, 5.74) is 9.30. The van der Waals surface area contributed by atoms with Crippen LogP contribution in [0, 0.1) is 0 Å². The summed E-state index contributed by atoms with van der Waals surface area (Å²) in [5, 5.41) is 0. The van der Waals surface area contributed by atoms with Gasteiger partial charge < -0.3 is 5.73 Å². The van der Waals surface area contributed by atoms with Crippen LogP contribution < -0.4 is 5.73 Å². The Morgan fingerprint density at radius 2 is 1.86 bits per heavy atom. The van der Waals surface area contributed by atoms with Crippen LogP contribution in [-0.4, -0.2) is 0 Å². The minimum absolute atomic E-state index is 0.928. The van der Waals surface area contributed by atoms with Crippen molar-refractivity contribution in [1.29, 1.82) is 0 Å². The summed E-state index contributed by atoms with van der Waals surface area (Å²) in [6, 6.07) is 10.4. The average molecular weight is 187 g/mol. The van der Waals surface area contributed by atoms with Crippen molar-refractivity contribution in [2.75, 3.05) is 0 Å². The van der Waals surface area contributed by atoms with Crippen molar-refractivity contribution in [2.45, 2.75) is 20.3 Å². The van der Waals surface area contributed by atoms with Gasteiger partial charge in [-0.25, -0.2) is 0 Å². The number of hydrogen-bond acceptors (Lipinski definition) is 1. The van der Waals surface area contributed by atoms with Gasteiger partial charge in [0.2, 0.25) is 0 Å². The Labute approximate surface area is 85.9 Å². The van der Waals surface area contributed by atoms with E-state index in [2.05, 4.69) is 38.1 Å². The molecule has 14 heavy (non-hydrogen) atoms. The Kier molecular flexibility index (Phi) is 3.99. The largest absolute Gasteiger partial charge is 0.405 e. The van der Waals surface area contributed by atoms with Gasteiger partial charge in [0.1, 0.15) is 0 Å². The molecule has 0 radical (unpaired) electrons. The number of benzene rings is 1. The van der Waals surface area contributed by atoms with Crippen LogP contribution >= 0.6 is 0 Å².